The molecule has 4 rings (SSSR count). The number of hydrogen-bond donors (Lipinski definition) is 1. The third-order valence-corrected chi connectivity index (χ3v) is 7.61. The third kappa shape index (κ3) is 7.74. The van der Waals surface area contributed by atoms with Crippen molar-refractivity contribution in [2.75, 3.05) is 24.6 Å². The Kier molecular flexibility index (Phi) is 9.24. The topological polar surface area (TPSA) is 84.8 Å². The van der Waals surface area contributed by atoms with Crippen molar-refractivity contribution in [3.63, 3.8) is 0 Å². The van der Waals surface area contributed by atoms with E-state index in [0.29, 0.717) is 40.8 Å². The van der Waals surface area contributed by atoms with E-state index in [0.717, 1.165) is 42.7 Å². The van der Waals surface area contributed by atoms with E-state index >= 15 is 0 Å². The molecule has 0 saturated carbocycles. The molecule has 1 saturated heterocycles. The number of piperidine rings is 1. The largest absolute Gasteiger partial charge is 0.479 e. The smallest absolute Gasteiger partial charge is 0.337 e. The van der Waals surface area contributed by atoms with Crippen molar-refractivity contribution in [3.8, 4) is 17.0 Å². The van der Waals surface area contributed by atoms with Gasteiger partial charge in [-0.2, -0.15) is 0 Å². The number of carboxylic acids is 1. The average Bonchev–Trinajstić information content (AvgIpc) is 2.89. The lowest BCUT2D eigenvalue weighted by atomic mass is 9.82. The minimum absolute atomic E-state index is 0.199. The van der Waals surface area contributed by atoms with Crippen molar-refractivity contribution in [1.29, 1.82) is 0 Å². The molecule has 1 unspecified atom stereocenters. The number of rotatable bonds is 9. The summed E-state index contributed by atoms with van der Waals surface area (Å²) >= 11 is 6.64. The van der Waals surface area contributed by atoms with Crippen molar-refractivity contribution in [1.82, 2.24) is 9.97 Å². The number of pyridine rings is 2. The fourth-order valence-electron chi connectivity index (χ4n) is 4.99. The van der Waals surface area contributed by atoms with Gasteiger partial charge in [-0.15, -0.1) is 0 Å². The predicted octanol–water partition coefficient (Wildman–Crippen LogP) is 7.43. The fourth-order valence-corrected chi connectivity index (χ4v) is 5.21. The lowest BCUT2D eigenvalue weighted by Crippen LogP contribution is -2.39. The molecule has 3 heterocycles. The molecule has 41 heavy (non-hydrogen) atoms. The average molecular weight is 584 g/mol. The third-order valence-electron chi connectivity index (χ3n) is 7.34. The van der Waals surface area contributed by atoms with Crippen molar-refractivity contribution >= 4 is 23.3 Å². The van der Waals surface area contributed by atoms with Crippen molar-refractivity contribution in [3.05, 3.63) is 70.4 Å². The van der Waals surface area contributed by atoms with Crippen LogP contribution in [0, 0.1) is 18.2 Å². The zero-order valence-corrected chi connectivity index (χ0v) is 25.4. The van der Waals surface area contributed by atoms with E-state index in [2.05, 4.69) is 28.7 Å². The standard InChI is InChI=1S/C32H39ClFN3O4/c1-20-26(28(30(38)39)41-31(2,3)4)27(37-14-12-32(5,6)13-15-37)24(19-35-20)22-17-25(33)29(36-18-22)40-16-11-21-7-9-23(34)10-8-21/h7-10,17-19,28H,11-16H2,1-6H3,(H,38,39). The number of anilines is 1. The molecule has 0 spiro atoms. The van der Waals surface area contributed by atoms with Gasteiger partial charge in [0, 0.05) is 54.3 Å². The Labute approximate surface area is 246 Å². The highest BCUT2D eigenvalue weighted by Crippen LogP contribution is 2.44. The lowest BCUT2D eigenvalue weighted by Gasteiger charge is -2.41. The number of carbonyl (C=O) groups is 1. The number of halogens is 2. The van der Waals surface area contributed by atoms with Crippen LogP contribution in [0.4, 0.5) is 10.1 Å². The van der Waals surface area contributed by atoms with Crippen LogP contribution >= 0.6 is 11.6 Å². The molecule has 220 valence electrons. The molecule has 7 nitrogen and oxygen atoms in total. The minimum atomic E-state index is -1.20. The molecule has 0 aliphatic carbocycles. The maximum absolute atomic E-state index is 13.2. The predicted molar refractivity (Wildman–Crippen MR) is 159 cm³/mol. The van der Waals surface area contributed by atoms with Gasteiger partial charge in [-0.25, -0.2) is 14.2 Å². The maximum atomic E-state index is 13.2. The van der Waals surface area contributed by atoms with E-state index in [1.807, 2.05) is 27.7 Å². The quantitative estimate of drug-likeness (QED) is 0.280. The van der Waals surface area contributed by atoms with E-state index in [9.17, 15) is 14.3 Å². The summed E-state index contributed by atoms with van der Waals surface area (Å²) in [7, 11) is 0. The second-order valence-electron chi connectivity index (χ2n) is 12.4. The van der Waals surface area contributed by atoms with E-state index in [-0.39, 0.29) is 11.2 Å². The normalized spacial score (nSPS) is 16.0. The molecule has 0 radical (unpaired) electrons. The highest BCUT2D eigenvalue weighted by atomic mass is 35.5. The van der Waals surface area contributed by atoms with Gasteiger partial charge in [-0.3, -0.25) is 4.98 Å². The summed E-state index contributed by atoms with van der Waals surface area (Å²) < 4.78 is 25.1. The van der Waals surface area contributed by atoms with Crippen molar-refractivity contribution < 1.29 is 23.8 Å². The molecule has 1 atom stereocenters. The second-order valence-corrected chi connectivity index (χ2v) is 12.8. The number of hydrogen-bond acceptors (Lipinski definition) is 6. The molecule has 3 aromatic rings. The van der Waals surface area contributed by atoms with Gasteiger partial charge in [-0.05, 0) is 69.7 Å². The molecule has 1 N–H and O–H groups in total. The van der Waals surface area contributed by atoms with E-state index in [1.54, 1.807) is 30.6 Å². The van der Waals surface area contributed by atoms with Crippen LogP contribution < -0.4 is 9.64 Å². The Hall–Kier alpha value is -3.23. The summed E-state index contributed by atoms with van der Waals surface area (Å²) in [4.78, 5) is 23.9. The Bertz CT molecular complexity index is 1380. The molecule has 1 fully saturated rings. The summed E-state index contributed by atoms with van der Waals surface area (Å²) in [6.45, 7) is 13.7. The summed E-state index contributed by atoms with van der Waals surface area (Å²) in [6, 6.07) is 8.05. The Balaban J connectivity index is 1.71. The van der Waals surface area contributed by atoms with Crippen molar-refractivity contribution in [2.45, 2.75) is 72.5 Å². The number of aromatic nitrogens is 2. The number of aliphatic carboxylic acids is 1. The van der Waals surface area contributed by atoms with Crippen LogP contribution in [-0.2, 0) is 16.0 Å². The van der Waals surface area contributed by atoms with Crippen molar-refractivity contribution in [2.24, 2.45) is 5.41 Å². The first-order valence-electron chi connectivity index (χ1n) is 13.9. The first-order valence-corrected chi connectivity index (χ1v) is 14.3. The molecular weight excluding hydrogens is 545 g/mol. The molecule has 2 aromatic heterocycles. The van der Waals surface area contributed by atoms with E-state index < -0.39 is 17.7 Å². The summed E-state index contributed by atoms with van der Waals surface area (Å²) in [5.41, 5.74) is 3.82. The highest BCUT2D eigenvalue weighted by molar-refractivity contribution is 6.32. The number of nitrogens with zero attached hydrogens (tertiary/aromatic N) is 3. The molecule has 0 bridgehead atoms. The van der Waals surface area contributed by atoms with Gasteiger partial charge in [0.1, 0.15) is 10.8 Å². The molecule has 1 aliphatic heterocycles. The number of carboxylic acid groups (broad SMARTS) is 1. The monoisotopic (exact) mass is 583 g/mol. The van der Waals surface area contributed by atoms with Gasteiger partial charge in [-0.1, -0.05) is 37.6 Å². The van der Waals surface area contributed by atoms with Crippen LogP contribution in [0.15, 0.2) is 42.7 Å². The minimum Gasteiger partial charge on any atom is -0.479 e. The highest BCUT2D eigenvalue weighted by Gasteiger charge is 2.36. The molecular formula is C32H39ClFN3O4. The van der Waals surface area contributed by atoms with Crippen LogP contribution in [-0.4, -0.2) is 46.3 Å². The maximum Gasteiger partial charge on any atom is 0.337 e. The zero-order valence-electron chi connectivity index (χ0n) is 24.6. The van der Waals surface area contributed by atoms with Crippen LogP contribution in [0.3, 0.4) is 0 Å². The van der Waals surface area contributed by atoms with Gasteiger partial charge in [0.15, 0.2) is 6.10 Å². The first-order chi connectivity index (χ1) is 19.2. The summed E-state index contributed by atoms with van der Waals surface area (Å²) in [5.74, 6) is -1.06. The Morgan fingerprint density at radius 3 is 2.39 bits per heavy atom. The molecule has 9 heteroatoms. The van der Waals surface area contributed by atoms with Gasteiger partial charge < -0.3 is 19.5 Å². The molecule has 1 aliphatic rings. The van der Waals surface area contributed by atoms with E-state index in [4.69, 9.17) is 21.1 Å². The fraction of sp³-hybridized carbons (Fsp3) is 0.469. The summed E-state index contributed by atoms with van der Waals surface area (Å²) in [5, 5.41) is 10.6. The SMILES string of the molecule is Cc1ncc(-c2cnc(OCCc3ccc(F)cc3)c(Cl)c2)c(N2CCC(C)(C)CC2)c1C(OC(C)(C)C)C(=O)O. The van der Waals surface area contributed by atoms with Crippen LogP contribution in [0.2, 0.25) is 5.02 Å². The summed E-state index contributed by atoms with van der Waals surface area (Å²) in [6.07, 6.45) is 4.73. The molecule has 0 amide bonds. The van der Waals surface area contributed by atoms with E-state index in [1.165, 1.54) is 12.1 Å². The number of benzene rings is 1. The molecule has 1 aromatic carbocycles. The van der Waals surface area contributed by atoms with Gasteiger partial charge >= 0.3 is 5.97 Å². The Morgan fingerprint density at radius 2 is 1.80 bits per heavy atom. The number of ether oxygens (including phenoxy) is 2. The lowest BCUT2D eigenvalue weighted by molar-refractivity contribution is -0.160. The second kappa shape index (κ2) is 12.3. The van der Waals surface area contributed by atoms with Crippen LogP contribution in [0.25, 0.3) is 11.1 Å². The number of aryl methyl sites for hydroxylation is 1. The van der Waals surface area contributed by atoms with Gasteiger partial charge in [0.05, 0.1) is 17.9 Å². The first kappa shape index (κ1) is 30.7. The van der Waals surface area contributed by atoms with Gasteiger partial charge in [0.2, 0.25) is 5.88 Å². The Morgan fingerprint density at radius 1 is 1.15 bits per heavy atom. The van der Waals surface area contributed by atoms with Crippen LogP contribution in [0.5, 0.6) is 5.88 Å². The zero-order chi connectivity index (χ0) is 29.9. The van der Waals surface area contributed by atoms with Gasteiger partial charge in [0.25, 0.3) is 0 Å². The van der Waals surface area contributed by atoms with Crippen LogP contribution in [0.1, 0.15) is 70.4 Å².